The second-order valence-electron chi connectivity index (χ2n) is 5.37. The fourth-order valence-electron chi connectivity index (χ4n) is 2.35. The maximum atomic E-state index is 12.5. The van der Waals surface area contributed by atoms with E-state index in [4.69, 9.17) is 5.11 Å². The Balaban J connectivity index is 2.55. The van der Waals surface area contributed by atoms with Gasteiger partial charge in [-0.05, 0) is 12.0 Å². The molecule has 0 saturated heterocycles. The van der Waals surface area contributed by atoms with Gasteiger partial charge in [0.1, 0.15) is 0 Å². The van der Waals surface area contributed by atoms with Crippen molar-refractivity contribution in [2.24, 2.45) is 0 Å². The van der Waals surface area contributed by atoms with E-state index in [9.17, 15) is 19.7 Å². The summed E-state index contributed by atoms with van der Waals surface area (Å²) in [5.74, 6) is -1.84. The molecule has 6 heteroatoms. The van der Waals surface area contributed by atoms with Crippen molar-refractivity contribution in [1.29, 1.82) is 0 Å². The molecule has 1 N–H and O–H groups in total. The van der Waals surface area contributed by atoms with Crippen LogP contribution >= 0.6 is 0 Å². The molecule has 23 heavy (non-hydrogen) atoms. The minimum Gasteiger partial charge on any atom is -0.478 e. The van der Waals surface area contributed by atoms with Crippen LogP contribution in [0.4, 0.5) is 5.69 Å². The fraction of sp³-hybridized carbons (Fsp3) is 0.176. The lowest BCUT2D eigenvalue weighted by molar-refractivity contribution is -0.385. The van der Waals surface area contributed by atoms with Crippen LogP contribution in [0, 0.1) is 10.1 Å². The second-order valence-corrected chi connectivity index (χ2v) is 5.37. The van der Waals surface area contributed by atoms with Crippen molar-refractivity contribution in [3.05, 3.63) is 74.8 Å². The molecule has 0 heterocycles. The number of carboxylic acids is 1. The number of ketones is 1. The van der Waals surface area contributed by atoms with Gasteiger partial charge in [-0.1, -0.05) is 44.2 Å². The summed E-state index contributed by atoms with van der Waals surface area (Å²) >= 11 is 0. The Morgan fingerprint density at radius 1 is 1.09 bits per heavy atom. The monoisotopic (exact) mass is 313 g/mol. The SMILES string of the molecule is CC(C)c1ccc(C(=O)c2ccccc2C(=O)O)cc1[N+](=O)[O-]. The molecule has 0 bridgehead atoms. The van der Waals surface area contributed by atoms with E-state index in [1.807, 2.05) is 13.8 Å². The number of carbonyl (C=O) groups excluding carboxylic acids is 1. The Morgan fingerprint density at radius 3 is 2.22 bits per heavy atom. The fourth-order valence-corrected chi connectivity index (χ4v) is 2.35. The molecule has 2 aromatic rings. The zero-order valence-corrected chi connectivity index (χ0v) is 12.6. The Bertz CT molecular complexity index is 795. The van der Waals surface area contributed by atoms with E-state index in [0.29, 0.717) is 5.56 Å². The van der Waals surface area contributed by atoms with E-state index >= 15 is 0 Å². The van der Waals surface area contributed by atoms with Gasteiger partial charge in [0, 0.05) is 22.8 Å². The number of nitro benzene ring substituents is 1. The molecule has 2 rings (SSSR count). The van der Waals surface area contributed by atoms with E-state index in [1.54, 1.807) is 12.1 Å². The summed E-state index contributed by atoms with van der Waals surface area (Å²) in [5, 5.41) is 20.4. The minimum atomic E-state index is -1.22. The summed E-state index contributed by atoms with van der Waals surface area (Å²) in [7, 11) is 0. The molecule has 0 radical (unpaired) electrons. The normalized spacial score (nSPS) is 10.6. The van der Waals surface area contributed by atoms with Gasteiger partial charge in [-0.2, -0.15) is 0 Å². The lowest BCUT2D eigenvalue weighted by Gasteiger charge is -2.09. The minimum absolute atomic E-state index is 0.00611. The molecule has 0 spiro atoms. The van der Waals surface area contributed by atoms with Crippen molar-refractivity contribution in [3.63, 3.8) is 0 Å². The molecule has 0 aliphatic carbocycles. The van der Waals surface area contributed by atoms with Crippen molar-refractivity contribution in [3.8, 4) is 0 Å². The van der Waals surface area contributed by atoms with Crippen LogP contribution < -0.4 is 0 Å². The van der Waals surface area contributed by atoms with Gasteiger partial charge in [-0.3, -0.25) is 14.9 Å². The standard InChI is InChI=1S/C17H15NO5/c1-10(2)12-8-7-11(9-15(12)18(22)23)16(19)13-5-3-4-6-14(13)17(20)21/h3-10H,1-2H3,(H,20,21). The first-order chi connectivity index (χ1) is 10.8. The third-order valence-electron chi connectivity index (χ3n) is 3.51. The highest BCUT2D eigenvalue weighted by Crippen LogP contribution is 2.28. The van der Waals surface area contributed by atoms with Gasteiger partial charge in [-0.25, -0.2) is 4.79 Å². The predicted octanol–water partition coefficient (Wildman–Crippen LogP) is 3.65. The molecule has 118 valence electrons. The Labute approximate surface area is 132 Å². The van der Waals surface area contributed by atoms with Crippen molar-refractivity contribution >= 4 is 17.4 Å². The van der Waals surface area contributed by atoms with Crippen LogP contribution in [0.2, 0.25) is 0 Å². The number of nitrogens with zero attached hydrogens (tertiary/aromatic N) is 1. The molecule has 0 aromatic heterocycles. The first kappa shape index (κ1) is 16.4. The average Bonchev–Trinajstić information content (AvgIpc) is 2.53. The van der Waals surface area contributed by atoms with E-state index in [2.05, 4.69) is 0 Å². The highest BCUT2D eigenvalue weighted by atomic mass is 16.6. The summed E-state index contributed by atoms with van der Waals surface area (Å²) in [6.07, 6.45) is 0. The molecule has 0 aliphatic rings. The number of rotatable bonds is 5. The van der Waals surface area contributed by atoms with E-state index in [1.165, 1.54) is 30.3 Å². The maximum Gasteiger partial charge on any atom is 0.336 e. The molecule has 0 aliphatic heterocycles. The van der Waals surface area contributed by atoms with Crippen LogP contribution in [0.25, 0.3) is 0 Å². The van der Waals surface area contributed by atoms with Gasteiger partial charge in [0.05, 0.1) is 10.5 Å². The molecule has 0 amide bonds. The summed E-state index contributed by atoms with van der Waals surface area (Å²) < 4.78 is 0. The average molecular weight is 313 g/mol. The third kappa shape index (κ3) is 3.26. The smallest absolute Gasteiger partial charge is 0.336 e. The number of carbonyl (C=O) groups is 2. The summed E-state index contributed by atoms with van der Waals surface area (Å²) in [6.45, 7) is 3.65. The van der Waals surface area contributed by atoms with Crippen LogP contribution in [-0.4, -0.2) is 21.8 Å². The van der Waals surface area contributed by atoms with Gasteiger partial charge in [0.25, 0.3) is 5.69 Å². The van der Waals surface area contributed by atoms with E-state index in [0.717, 1.165) is 0 Å². The molecular weight excluding hydrogens is 298 g/mol. The zero-order valence-electron chi connectivity index (χ0n) is 12.6. The highest BCUT2D eigenvalue weighted by molar-refractivity contribution is 6.14. The van der Waals surface area contributed by atoms with Crippen molar-refractivity contribution < 1.29 is 19.6 Å². The Morgan fingerprint density at radius 2 is 1.70 bits per heavy atom. The molecule has 0 unspecified atom stereocenters. The second kappa shape index (κ2) is 6.39. The largest absolute Gasteiger partial charge is 0.478 e. The zero-order chi connectivity index (χ0) is 17.1. The van der Waals surface area contributed by atoms with Crippen LogP contribution in [0.15, 0.2) is 42.5 Å². The maximum absolute atomic E-state index is 12.5. The lowest BCUT2D eigenvalue weighted by Crippen LogP contribution is -2.10. The number of benzene rings is 2. The van der Waals surface area contributed by atoms with Gasteiger partial charge in [0.15, 0.2) is 5.78 Å². The van der Waals surface area contributed by atoms with Crippen molar-refractivity contribution in [2.45, 2.75) is 19.8 Å². The van der Waals surface area contributed by atoms with E-state index in [-0.39, 0.29) is 28.3 Å². The van der Waals surface area contributed by atoms with E-state index < -0.39 is 16.7 Å². The number of aromatic carboxylic acids is 1. The first-order valence-corrected chi connectivity index (χ1v) is 6.98. The lowest BCUT2D eigenvalue weighted by atomic mass is 9.94. The molecule has 6 nitrogen and oxygen atoms in total. The van der Waals surface area contributed by atoms with Gasteiger partial charge >= 0.3 is 5.97 Å². The third-order valence-corrected chi connectivity index (χ3v) is 3.51. The van der Waals surface area contributed by atoms with Crippen LogP contribution in [0.5, 0.6) is 0 Å². The number of nitro groups is 1. The van der Waals surface area contributed by atoms with Crippen molar-refractivity contribution in [2.75, 3.05) is 0 Å². The number of carboxylic acid groups (broad SMARTS) is 1. The van der Waals surface area contributed by atoms with Gasteiger partial charge in [-0.15, -0.1) is 0 Å². The van der Waals surface area contributed by atoms with Crippen molar-refractivity contribution in [1.82, 2.24) is 0 Å². The molecule has 0 fully saturated rings. The van der Waals surface area contributed by atoms with Crippen LogP contribution in [0.3, 0.4) is 0 Å². The van der Waals surface area contributed by atoms with Crippen LogP contribution in [0.1, 0.15) is 51.6 Å². The number of hydrogen-bond acceptors (Lipinski definition) is 4. The first-order valence-electron chi connectivity index (χ1n) is 6.98. The molecule has 2 aromatic carbocycles. The van der Waals surface area contributed by atoms with Crippen LogP contribution in [-0.2, 0) is 0 Å². The topological polar surface area (TPSA) is 97.5 Å². The quantitative estimate of drug-likeness (QED) is 0.516. The molecule has 0 saturated carbocycles. The highest BCUT2D eigenvalue weighted by Gasteiger charge is 2.22. The summed E-state index contributed by atoms with van der Waals surface area (Å²) in [4.78, 5) is 34.4. The predicted molar refractivity (Wildman–Crippen MR) is 84.0 cm³/mol. The summed E-state index contributed by atoms with van der Waals surface area (Å²) in [6, 6.07) is 10.0. The Kier molecular flexibility index (Phi) is 4.55. The van der Waals surface area contributed by atoms with Gasteiger partial charge in [0.2, 0.25) is 0 Å². The number of hydrogen-bond donors (Lipinski definition) is 1. The Hall–Kier alpha value is -3.02. The molecular formula is C17H15NO5. The van der Waals surface area contributed by atoms with Gasteiger partial charge < -0.3 is 5.11 Å². The summed E-state index contributed by atoms with van der Waals surface area (Å²) in [5.41, 5.74) is 0.353. The molecule has 0 atom stereocenters.